The summed E-state index contributed by atoms with van der Waals surface area (Å²) in [5.41, 5.74) is 1.99. The van der Waals surface area contributed by atoms with Crippen molar-refractivity contribution in [3.8, 4) is 5.75 Å². The van der Waals surface area contributed by atoms with Crippen LogP contribution in [0.5, 0.6) is 5.75 Å². The molecule has 4 nitrogen and oxygen atoms in total. The van der Waals surface area contributed by atoms with Gasteiger partial charge in [-0.05, 0) is 36.6 Å². The van der Waals surface area contributed by atoms with Crippen molar-refractivity contribution in [3.05, 3.63) is 23.8 Å². The third kappa shape index (κ3) is 2.21. The fourth-order valence-electron chi connectivity index (χ4n) is 1.91. The number of carbonyl (C=O) groups is 1. The molecule has 80 valence electrons. The van der Waals surface area contributed by atoms with Gasteiger partial charge in [0.15, 0.2) is 0 Å². The average molecular weight is 207 g/mol. The van der Waals surface area contributed by atoms with Crippen molar-refractivity contribution in [2.24, 2.45) is 0 Å². The highest BCUT2D eigenvalue weighted by Crippen LogP contribution is 2.28. The van der Waals surface area contributed by atoms with Gasteiger partial charge in [-0.15, -0.1) is 0 Å². The van der Waals surface area contributed by atoms with Gasteiger partial charge < -0.3 is 15.5 Å². The number of hydrogen-bond acceptors (Lipinski definition) is 3. The number of fused-ring (bicyclic) bond motifs is 1. The number of rotatable bonds is 2. The lowest BCUT2D eigenvalue weighted by Crippen LogP contribution is -2.27. The number of phenolic OH excluding ortho intramolecular Hbond substituents is 1. The monoisotopic (exact) mass is 207 g/mol. The van der Waals surface area contributed by atoms with Crippen LogP contribution in [0.1, 0.15) is 18.4 Å². The minimum Gasteiger partial charge on any atom is -0.508 e. The number of nitrogens with one attached hydrogen (secondary N) is 1. The highest BCUT2D eigenvalue weighted by molar-refractivity contribution is 5.69. The smallest absolute Gasteiger partial charge is 0.305 e. The minimum atomic E-state index is -0.783. The highest BCUT2D eigenvalue weighted by Gasteiger charge is 2.19. The number of aryl methyl sites for hydroxylation is 1. The summed E-state index contributed by atoms with van der Waals surface area (Å²) in [6.45, 7) is 0. The standard InChI is InChI=1S/C11H13NO3/c13-9-3-4-10-7(5-9)1-2-8(12-10)6-11(14)15/h3-5,8,12-13H,1-2,6H2,(H,14,15). The molecule has 2 rings (SSSR count). The number of phenols is 1. The van der Waals surface area contributed by atoms with Gasteiger partial charge in [-0.2, -0.15) is 0 Å². The van der Waals surface area contributed by atoms with Crippen LogP contribution in [0.25, 0.3) is 0 Å². The van der Waals surface area contributed by atoms with Crippen molar-refractivity contribution in [3.63, 3.8) is 0 Å². The van der Waals surface area contributed by atoms with E-state index in [2.05, 4.69) is 5.32 Å². The van der Waals surface area contributed by atoms with Crippen LogP contribution >= 0.6 is 0 Å². The first-order chi connectivity index (χ1) is 7.15. The largest absolute Gasteiger partial charge is 0.508 e. The Balaban J connectivity index is 2.13. The summed E-state index contributed by atoms with van der Waals surface area (Å²) in [4.78, 5) is 10.6. The summed E-state index contributed by atoms with van der Waals surface area (Å²) >= 11 is 0. The summed E-state index contributed by atoms with van der Waals surface area (Å²) in [5.74, 6) is -0.526. The van der Waals surface area contributed by atoms with Gasteiger partial charge in [0.25, 0.3) is 0 Å². The molecule has 0 saturated heterocycles. The Morgan fingerprint density at radius 2 is 2.33 bits per heavy atom. The molecular weight excluding hydrogens is 194 g/mol. The fraction of sp³-hybridized carbons (Fsp3) is 0.364. The lowest BCUT2D eigenvalue weighted by molar-refractivity contribution is -0.137. The summed E-state index contributed by atoms with van der Waals surface area (Å²) in [6, 6.07) is 5.12. The second kappa shape index (κ2) is 3.81. The second-order valence-electron chi connectivity index (χ2n) is 3.82. The first-order valence-corrected chi connectivity index (χ1v) is 4.95. The Morgan fingerprint density at radius 1 is 1.53 bits per heavy atom. The van der Waals surface area contributed by atoms with Gasteiger partial charge in [-0.1, -0.05) is 0 Å². The summed E-state index contributed by atoms with van der Waals surface area (Å²) in [6.07, 6.45) is 1.75. The van der Waals surface area contributed by atoms with E-state index in [0.717, 1.165) is 24.1 Å². The van der Waals surface area contributed by atoms with Crippen molar-refractivity contribution in [1.29, 1.82) is 0 Å². The van der Waals surface area contributed by atoms with Crippen LogP contribution in [-0.4, -0.2) is 22.2 Å². The van der Waals surface area contributed by atoms with E-state index in [0.29, 0.717) is 0 Å². The number of carboxylic acid groups (broad SMARTS) is 1. The lowest BCUT2D eigenvalue weighted by atomic mass is 9.96. The van der Waals surface area contributed by atoms with E-state index in [4.69, 9.17) is 5.11 Å². The molecule has 1 unspecified atom stereocenters. The minimum absolute atomic E-state index is 0.000423. The number of carboxylic acids is 1. The van der Waals surface area contributed by atoms with Gasteiger partial charge in [0, 0.05) is 11.7 Å². The van der Waals surface area contributed by atoms with Gasteiger partial charge in [0.05, 0.1) is 6.42 Å². The zero-order valence-corrected chi connectivity index (χ0v) is 8.23. The molecule has 0 bridgehead atoms. The van der Waals surface area contributed by atoms with Gasteiger partial charge in [-0.3, -0.25) is 4.79 Å². The van der Waals surface area contributed by atoms with Crippen molar-refractivity contribution >= 4 is 11.7 Å². The Morgan fingerprint density at radius 3 is 3.07 bits per heavy atom. The molecule has 0 amide bonds. The van der Waals surface area contributed by atoms with Gasteiger partial charge in [0.2, 0.25) is 0 Å². The summed E-state index contributed by atoms with van der Waals surface area (Å²) < 4.78 is 0. The maximum absolute atomic E-state index is 10.6. The number of hydrogen-bond donors (Lipinski definition) is 3. The number of aliphatic carboxylic acids is 1. The molecule has 1 heterocycles. The van der Waals surface area contributed by atoms with Crippen LogP contribution in [0.3, 0.4) is 0 Å². The third-order valence-corrected chi connectivity index (χ3v) is 2.63. The molecule has 4 heteroatoms. The molecular formula is C11H13NO3. The van der Waals surface area contributed by atoms with Crippen LogP contribution in [0, 0.1) is 0 Å². The molecule has 1 aliphatic rings. The van der Waals surface area contributed by atoms with E-state index in [9.17, 15) is 9.90 Å². The molecule has 15 heavy (non-hydrogen) atoms. The molecule has 1 atom stereocenters. The molecule has 0 radical (unpaired) electrons. The summed E-state index contributed by atoms with van der Waals surface area (Å²) in [7, 11) is 0. The molecule has 3 N–H and O–H groups in total. The molecule has 0 aromatic heterocycles. The van der Waals surface area contributed by atoms with Crippen LogP contribution in [0.15, 0.2) is 18.2 Å². The average Bonchev–Trinajstić information content (AvgIpc) is 2.17. The van der Waals surface area contributed by atoms with E-state index in [-0.39, 0.29) is 18.2 Å². The van der Waals surface area contributed by atoms with Crippen LogP contribution in [-0.2, 0) is 11.2 Å². The number of anilines is 1. The maximum atomic E-state index is 10.6. The Bertz CT molecular complexity index is 389. The van der Waals surface area contributed by atoms with Crippen LogP contribution < -0.4 is 5.32 Å². The predicted octanol–water partition coefficient (Wildman–Crippen LogP) is 1.59. The molecule has 1 aromatic carbocycles. The quantitative estimate of drug-likeness (QED) is 0.644. The van der Waals surface area contributed by atoms with Crippen molar-refractivity contribution in [2.75, 3.05) is 5.32 Å². The van der Waals surface area contributed by atoms with Crippen LogP contribution in [0.4, 0.5) is 5.69 Å². The fourth-order valence-corrected chi connectivity index (χ4v) is 1.91. The van der Waals surface area contributed by atoms with E-state index >= 15 is 0 Å². The highest BCUT2D eigenvalue weighted by atomic mass is 16.4. The molecule has 0 spiro atoms. The first kappa shape index (κ1) is 9.83. The second-order valence-corrected chi connectivity index (χ2v) is 3.82. The number of aromatic hydroxyl groups is 1. The molecule has 1 aliphatic heterocycles. The Hall–Kier alpha value is -1.71. The molecule has 0 fully saturated rings. The third-order valence-electron chi connectivity index (χ3n) is 2.63. The zero-order valence-electron chi connectivity index (χ0n) is 8.23. The predicted molar refractivity (Wildman–Crippen MR) is 56.1 cm³/mol. The van der Waals surface area contributed by atoms with Gasteiger partial charge in [-0.25, -0.2) is 0 Å². The van der Waals surface area contributed by atoms with E-state index < -0.39 is 5.97 Å². The molecule has 1 aromatic rings. The van der Waals surface area contributed by atoms with Crippen molar-refractivity contribution in [2.45, 2.75) is 25.3 Å². The first-order valence-electron chi connectivity index (χ1n) is 4.95. The van der Waals surface area contributed by atoms with Crippen molar-refractivity contribution in [1.82, 2.24) is 0 Å². The normalized spacial score (nSPS) is 19.1. The van der Waals surface area contributed by atoms with E-state index in [1.807, 2.05) is 0 Å². The SMILES string of the molecule is O=C(O)CC1CCc2cc(O)ccc2N1. The molecule has 0 saturated carbocycles. The van der Waals surface area contributed by atoms with Gasteiger partial charge in [0.1, 0.15) is 5.75 Å². The van der Waals surface area contributed by atoms with E-state index in [1.54, 1.807) is 18.2 Å². The number of benzene rings is 1. The Kier molecular flexibility index (Phi) is 2.49. The topological polar surface area (TPSA) is 69.6 Å². The van der Waals surface area contributed by atoms with E-state index in [1.165, 1.54) is 0 Å². The molecule has 0 aliphatic carbocycles. The van der Waals surface area contributed by atoms with Crippen LogP contribution in [0.2, 0.25) is 0 Å². The summed E-state index contributed by atoms with van der Waals surface area (Å²) in [5, 5.41) is 21.1. The maximum Gasteiger partial charge on any atom is 0.305 e. The van der Waals surface area contributed by atoms with Gasteiger partial charge >= 0.3 is 5.97 Å². The Labute approximate surface area is 87.6 Å². The lowest BCUT2D eigenvalue weighted by Gasteiger charge is -2.25. The zero-order chi connectivity index (χ0) is 10.8. The van der Waals surface area contributed by atoms with Crippen molar-refractivity contribution < 1.29 is 15.0 Å².